The molecule has 138 valence electrons. The van der Waals surface area contributed by atoms with Crippen LogP contribution in [-0.4, -0.2) is 52.9 Å². The number of hydrogen-bond acceptors (Lipinski definition) is 3. The Morgan fingerprint density at radius 3 is 2.67 bits per heavy atom. The molecule has 2 N–H and O–H groups in total. The summed E-state index contributed by atoms with van der Waals surface area (Å²) >= 11 is 0. The predicted octanol–water partition coefficient (Wildman–Crippen LogP) is 2.21. The van der Waals surface area contributed by atoms with Crippen LogP contribution in [0.2, 0.25) is 0 Å². The van der Waals surface area contributed by atoms with E-state index < -0.39 is 0 Å². The second kappa shape index (κ2) is 10.9. The summed E-state index contributed by atoms with van der Waals surface area (Å²) in [5.74, 6) is 1.76. The highest BCUT2D eigenvalue weighted by Gasteiger charge is 2.20. The fourth-order valence-electron chi connectivity index (χ4n) is 2.90. The van der Waals surface area contributed by atoms with Gasteiger partial charge in [-0.05, 0) is 51.8 Å². The number of hydrogen-bond donors (Lipinski definition) is 2. The molecule has 0 aliphatic carbocycles. The Morgan fingerprint density at radius 2 is 2.08 bits per heavy atom. The normalized spacial score (nSPS) is 18.1. The molecule has 2 heterocycles. The van der Waals surface area contributed by atoms with Crippen molar-refractivity contribution >= 4 is 29.9 Å². The van der Waals surface area contributed by atoms with Gasteiger partial charge in [-0.2, -0.15) is 5.10 Å². The summed E-state index contributed by atoms with van der Waals surface area (Å²) in [6.45, 7) is 11.6. The van der Waals surface area contributed by atoms with Crippen molar-refractivity contribution in [2.24, 2.45) is 18.0 Å². The van der Waals surface area contributed by atoms with Crippen molar-refractivity contribution in [3.63, 3.8) is 0 Å². The molecule has 1 aromatic rings. The number of likely N-dealkylation sites (tertiary alicyclic amines) is 1. The number of aryl methyl sites for hydroxylation is 1. The zero-order valence-electron chi connectivity index (χ0n) is 15.5. The van der Waals surface area contributed by atoms with Gasteiger partial charge in [-0.15, -0.1) is 24.0 Å². The van der Waals surface area contributed by atoms with Crippen molar-refractivity contribution in [1.82, 2.24) is 25.3 Å². The molecule has 0 saturated carbocycles. The van der Waals surface area contributed by atoms with E-state index in [1.165, 1.54) is 25.9 Å². The maximum Gasteiger partial charge on any atom is 0.191 e. The third-order valence-corrected chi connectivity index (χ3v) is 4.67. The Bertz CT molecular complexity index is 493. The maximum absolute atomic E-state index is 4.66. The summed E-state index contributed by atoms with van der Waals surface area (Å²) in [5, 5.41) is 11.0. The minimum atomic E-state index is 0. The first-order chi connectivity index (χ1) is 11.1. The molecule has 2 rings (SSSR count). The maximum atomic E-state index is 4.66. The lowest BCUT2D eigenvalue weighted by Crippen LogP contribution is -2.48. The fraction of sp³-hybridized carbons (Fsp3) is 0.765. The van der Waals surface area contributed by atoms with Gasteiger partial charge in [-0.3, -0.25) is 9.58 Å². The molecule has 1 aromatic heterocycles. The van der Waals surface area contributed by atoms with Crippen LogP contribution in [0, 0.1) is 5.92 Å². The molecule has 0 radical (unpaired) electrons. The summed E-state index contributed by atoms with van der Waals surface area (Å²) in [4.78, 5) is 7.24. The zero-order chi connectivity index (χ0) is 16.7. The number of nitrogens with zero attached hydrogens (tertiary/aromatic N) is 4. The summed E-state index contributed by atoms with van der Waals surface area (Å²) in [5.41, 5.74) is 1.11. The van der Waals surface area contributed by atoms with Gasteiger partial charge in [0, 0.05) is 32.4 Å². The van der Waals surface area contributed by atoms with Crippen molar-refractivity contribution in [1.29, 1.82) is 0 Å². The minimum absolute atomic E-state index is 0. The average Bonchev–Trinajstić information content (AvgIpc) is 2.95. The standard InChI is InChI=1S/C17H32N6.HI/c1-5-18-17(20-13-16-6-9-21-22(16)4)19-12-15(3)23-10-7-14(2)8-11-23;/h6,9,14-15H,5,7-8,10-13H2,1-4H3,(H2,18,19,20);1H. The van der Waals surface area contributed by atoms with Crippen LogP contribution in [-0.2, 0) is 13.6 Å². The lowest BCUT2D eigenvalue weighted by Gasteiger charge is -2.35. The van der Waals surface area contributed by atoms with Crippen LogP contribution in [0.4, 0.5) is 0 Å². The quantitative estimate of drug-likeness (QED) is 0.398. The number of aliphatic imine (C=N–C) groups is 1. The minimum Gasteiger partial charge on any atom is -0.357 e. The van der Waals surface area contributed by atoms with Gasteiger partial charge >= 0.3 is 0 Å². The highest BCUT2D eigenvalue weighted by atomic mass is 127. The Kier molecular flexibility index (Phi) is 9.65. The summed E-state index contributed by atoms with van der Waals surface area (Å²) in [6, 6.07) is 2.54. The highest BCUT2D eigenvalue weighted by Crippen LogP contribution is 2.17. The molecule has 1 unspecified atom stereocenters. The molecule has 1 aliphatic rings. The molecule has 7 heteroatoms. The lowest BCUT2D eigenvalue weighted by molar-refractivity contribution is 0.147. The van der Waals surface area contributed by atoms with E-state index >= 15 is 0 Å². The molecule has 0 aromatic carbocycles. The molecule has 6 nitrogen and oxygen atoms in total. The Labute approximate surface area is 163 Å². The van der Waals surface area contributed by atoms with Gasteiger partial charge in [0.05, 0.1) is 12.2 Å². The van der Waals surface area contributed by atoms with Gasteiger partial charge in [0.2, 0.25) is 0 Å². The highest BCUT2D eigenvalue weighted by molar-refractivity contribution is 14.0. The van der Waals surface area contributed by atoms with Gasteiger partial charge in [0.1, 0.15) is 0 Å². The van der Waals surface area contributed by atoms with Crippen molar-refractivity contribution in [3.8, 4) is 0 Å². The van der Waals surface area contributed by atoms with E-state index in [2.05, 4.69) is 46.4 Å². The van der Waals surface area contributed by atoms with E-state index in [0.717, 1.165) is 30.7 Å². The van der Waals surface area contributed by atoms with Gasteiger partial charge in [0.15, 0.2) is 5.96 Å². The van der Waals surface area contributed by atoms with Crippen molar-refractivity contribution in [2.75, 3.05) is 26.2 Å². The van der Waals surface area contributed by atoms with Crippen LogP contribution in [0.5, 0.6) is 0 Å². The van der Waals surface area contributed by atoms with Gasteiger partial charge in [0.25, 0.3) is 0 Å². The molecule has 24 heavy (non-hydrogen) atoms. The topological polar surface area (TPSA) is 57.5 Å². The van der Waals surface area contributed by atoms with Crippen molar-refractivity contribution < 1.29 is 0 Å². The summed E-state index contributed by atoms with van der Waals surface area (Å²) in [6.07, 6.45) is 4.45. The molecule has 1 aliphatic heterocycles. The lowest BCUT2D eigenvalue weighted by atomic mass is 9.98. The number of halogens is 1. The zero-order valence-corrected chi connectivity index (χ0v) is 17.8. The van der Waals surface area contributed by atoms with Gasteiger partial charge in [-0.25, -0.2) is 4.99 Å². The van der Waals surface area contributed by atoms with E-state index in [-0.39, 0.29) is 24.0 Å². The van der Waals surface area contributed by atoms with Crippen LogP contribution in [0.3, 0.4) is 0 Å². The smallest absolute Gasteiger partial charge is 0.191 e. The van der Waals surface area contributed by atoms with Crippen molar-refractivity contribution in [2.45, 2.75) is 46.2 Å². The summed E-state index contributed by atoms with van der Waals surface area (Å²) < 4.78 is 1.87. The third kappa shape index (κ3) is 6.58. The molecule has 1 atom stereocenters. The third-order valence-electron chi connectivity index (χ3n) is 4.67. The first kappa shape index (κ1) is 21.2. The van der Waals surface area contributed by atoms with Crippen LogP contribution in [0.1, 0.15) is 39.3 Å². The van der Waals surface area contributed by atoms with E-state index in [1.807, 2.05) is 24.0 Å². The molecular weight excluding hydrogens is 415 g/mol. The van der Waals surface area contributed by atoms with Crippen LogP contribution in [0.25, 0.3) is 0 Å². The molecule has 0 spiro atoms. The van der Waals surface area contributed by atoms with Crippen LogP contribution in [0.15, 0.2) is 17.3 Å². The molecule has 1 fully saturated rings. The number of piperidine rings is 1. The predicted molar refractivity (Wildman–Crippen MR) is 111 cm³/mol. The second-order valence-corrected chi connectivity index (χ2v) is 6.59. The van der Waals surface area contributed by atoms with E-state index in [9.17, 15) is 0 Å². The second-order valence-electron chi connectivity index (χ2n) is 6.59. The molecule has 0 amide bonds. The number of rotatable bonds is 6. The average molecular weight is 448 g/mol. The fourth-order valence-corrected chi connectivity index (χ4v) is 2.90. The number of guanidine groups is 1. The molecule has 0 bridgehead atoms. The largest absolute Gasteiger partial charge is 0.357 e. The molecule has 1 saturated heterocycles. The van der Waals surface area contributed by atoms with Gasteiger partial charge < -0.3 is 10.6 Å². The monoisotopic (exact) mass is 448 g/mol. The Balaban J connectivity index is 0.00000288. The van der Waals surface area contributed by atoms with Crippen molar-refractivity contribution in [3.05, 3.63) is 18.0 Å². The summed E-state index contributed by atoms with van der Waals surface area (Å²) in [7, 11) is 1.95. The van der Waals surface area contributed by atoms with E-state index in [1.54, 1.807) is 0 Å². The SMILES string of the molecule is CCNC(=NCc1ccnn1C)NCC(C)N1CCC(C)CC1.I. The Morgan fingerprint density at radius 1 is 1.38 bits per heavy atom. The van der Waals surface area contributed by atoms with E-state index in [0.29, 0.717) is 12.6 Å². The van der Waals surface area contributed by atoms with Crippen LogP contribution >= 0.6 is 24.0 Å². The van der Waals surface area contributed by atoms with Gasteiger partial charge in [-0.1, -0.05) is 6.92 Å². The van der Waals surface area contributed by atoms with E-state index in [4.69, 9.17) is 0 Å². The number of nitrogens with one attached hydrogen (secondary N) is 2. The first-order valence-corrected chi connectivity index (χ1v) is 8.83. The van der Waals surface area contributed by atoms with Crippen LogP contribution < -0.4 is 10.6 Å². The molecular formula is C17H33IN6. The first-order valence-electron chi connectivity index (χ1n) is 8.83. The Hall–Kier alpha value is -0.830. The number of aromatic nitrogens is 2.